The molecule has 0 aromatic heterocycles. The summed E-state index contributed by atoms with van der Waals surface area (Å²) in [6, 6.07) is 21.7. The van der Waals surface area contributed by atoms with Crippen molar-refractivity contribution in [1.82, 2.24) is 0 Å². The van der Waals surface area contributed by atoms with Crippen molar-refractivity contribution < 1.29 is 15.0 Å². The molecule has 0 amide bonds. The number of benzene rings is 3. The summed E-state index contributed by atoms with van der Waals surface area (Å²) in [5.41, 5.74) is 3.04. The summed E-state index contributed by atoms with van der Waals surface area (Å²) in [6.07, 6.45) is 0. The predicted octanol–water partition coefficient (Wildman–Crippen LogP) is 5.51. The fraction of sp³-hybridized carbons (Fsp3) is 0.208. The molecule has 0 fully saturated rings. The average molecular weight is 360 g/mol. The molecule has 0 saturated carbocycles. The van der Waals surface area contributed by atoms with Crippen LogP contribution in [0.4, 0.5) is 0 Å². The lowest BCUT2D eigenvalue weighted by molar-refractivity contribution is 0.0857. The standard InChI is InChI=1S/C24H24O3/c1-24(2,3)23(27)21-7-5-4-6-20(21)22(16-8-12-18(25)13-9-16)17-10-14-19(26)15-11-17/h4-15,22,25-26H,1-3H3. The van der Waals surface area contributed by atoms with Gasteiger partial charge in [0.2, 0.25) is 0 Å². The van der Waals surface area contributed by atoms with Crippen LogP contribution in [0.5, 0.6) is 11.5 Å². The van der Waals surface area contributed by atoms with Gasteiger partial charge in [-0.05, 0) is 41.0 Å². The Labute approximate surface area is 159 Å². The summed E-state index contributed by atoms with van der Waals surface area (Å²) in [4.78, 5) is 13.1. The van der Waals surface area contributed by atoms with Gasteiger partial charge in [-0.25, -0.2) is 0 Å². The highest BCUT2D eigenvalue weighted by atomic mass is 16.3. The number of phenolic OH excluding ortho intramolecular Hbond substituents is 2. The molecule has 0 atom stereocenters. The van der Waals surface area contributed by atoms with Gasteiger partial charge in [-0.3, -0.25) is 4.79 Å². The Morgan fingerprint density at radius 2 is 1.19 bits per heavy atom. The SMILES string of the molecule is CC(C)(C)C(=O)c1ccccc1C(c1ccc(O)cc1)c1ccc(O)cc1. The van der Waals surface area contributed by atoms with Crippen molar-refractivity contribution in [3.63, 3.8) is 0 Å². The highest BCUT2D eigenvalue weighted by molar-refractivity contribution is 6.01. The molecule has 138 valence electrons. The van der Waals surface area contributed by atoms with E-state index in [1.54, 1.807) is 24.3 Å². The molecule has 0 bridgehead atoms. The van der Waals surface area contributed by atoms with Crippen LogP contribution in [0.25, 0.3) is 0 Å². The second-order valence-corrected chi connectivity index (χ2v) is 7.78. The van der Waals surface area contributed by atoms with Crippen LogP contribution < -0.4 is 0 Å². The smallest absolute Gasteiger partial charge is 0.168 e. The molecule has 0 aliphatic rings. The quantitative estimate of drug-likeness (QED) is 0.477. The third-order valence-electron chi connectivity index (χ3n) is 4.65. The lowest BCUT2D eigenvalue weighted by Crippen LogP contribution is -2.22. The van der Waals surface area contributed by atoms with Crippen LogP contribution in [0, 0.1) is 5.41 Å². The molecule has 0 aliphatic carbocycles. The summed E-state index contributed by atoms with van der Waals surface area (Å²) < 4.78 is 0. The van der Waals surface area contributed by atoms with Gasteiger partial charge < -0.3 is 10.2 Å². The van der Waals surface area contributed by atoms with Crippen molar-refractivity contribution in [3.8, 4) is 11.5 Å². The Hall–Kier alpha value is -3.07. The molecule has 0 unspecified atom stereocenters. The summed E-state index contributed by atoms with van der Waals surface area (Å²) in [5, 5.41) is 19.4. The van der Waals surface area contributed by atoms with E-state index in [-0.39, 0.29) is 23.2 Å². The summed E-state index contributed by atoms with van der Waals surface area (Å²) >= 11 is 0. The molecule has 27 heavy (non-hydrogen) atoms. The third-order valence-corrected chi connectivity index (χ3v) is 4.65. The van der Waals surface area contributed by atoms with Crippen molar-refractivity contribution in [2.24, 2.45) is 5.41 Å². The second-order valence-electron chi connectivity index (χ2n) is 7.78. The van der Waals surface area contributed by atoms with Crippen LogP contribution in [0.2, 0.25) is 0 Å². The van der Waals surface area contributed by atoms with Crippen molar-refractivity contribution >= 4 is 5.78 Å². The van der Waals surface area contributed by atoms with Crippen molar-refractivity contribution in [1.29, 1.82) is 0 Å². The molecule has 3 rings (SSSR count). The van der Waals surface area contributed by atoms with Crippen molar-refractivity contribution in [2.75, 3.05) is 0 Å². The minimum absolute atomic E-state index is 0.0839. The van der Waals surface area contributed by atoms with E-state index in [1.807, 2.05) is 69.3 Å². The summed E-state index contributed by atoms with van der Waals surface area (Å²) in [7, 11) is 0. The average Bonchev–Trinajstić information content (AvgIpc) is 2.64. The number of hydrogen-bond acceptors (Lipinski definition) is 3. The second kappa shape index (κ2) is 7.28. The van der Waals surface area contributed by atoms with E-state index in [0.717, 1.165) is 16.7 Å². The first-order valence-corrected chi connectivity index (χ1v) is 8.99. The highest BCUT2D eigenvalue weighted by Crippen LogP contribution is 2.37. The summed E-state index contributed by atoms with van der Waals surface area (Å²) in [6.45, 7) is 5.76. The molecule has 3 aromatic carbocycles. The lowest BCUT2D eigenvalue weighted by Gasteiger charge is -2.25. The van der Waals surface area contributed by atoms with E-state index in [4.69, 9.17) is 0 Å². The molecule has 3 nitrogen and oxygen atoms in total. The zero-order chi connectivity index (χ0) is 19.6. The highest BCUT2D eigenvalue weighted by Gasteiger charge is 2.28. The number of hydrogen-bond donors (Lipinski definition) is 2. The maximum atomic E-state index is 13.1. The van der Waals surface area contributed by atoms with Gasteiger partial charge in [0.25, 0.3) is 0 Å². The fourth-order valence-electron chi connectivity index (χ4n) is 3.24. The van der Waals surface area contributed by atoms with Gasteiger partial charge in [-0.1, -0.05) is 69.3 Å². The number of phenols is 2. The molecule has 0 heterocycles. The van der Waals surface area contributed by atoms with Crippen LogP contribution >= 0.6 is 0 Å². The molecule has 0 aliphatic heterocycles. The molecular weight excluding hydrogens is 336 g/mol. The first kappa shape index (κ1) is 18.7. The number of ketones is 1. The largest absolute Gasteiger partial charge is 0.508 e. The molecule has 0 radical (unpaired) electrons. The third kappa shape index (κ3) is 4.03. The number of carbonyl (C=O) groups is 1. The van der Waals surface area contributed by atoms with Crippen LogP contribution in [0.3, 0.4) is 0 Å². The molecule has 3 heteroatoms. The van der Waals surface area contributed by atoms with E-state index in [1.165, 1.54) is 0 Å². The van der Waals surface area contributed by atoms with Crippen LogP contribution in [0.15, 0.2) is 72.8 Å². The molecular formula is C24H24O3. The van der Waals surface area contributed by atoms with E-state index in [2.05, 4.69) is 0 Å². The maximum absolute atomic E-state index is 13.1. The minimum atomic E-state index is -0.495. The van der Waals surface area contributed by atoms with Gasteiger partial charge in [0.15, 0.2) is 5.78 Å². The number of carbonyl (C=O) groups excluding carboxylic acids is 1. The zero-order valence-corrected chi connectivity index (χ0v) is 15.8. The van der Waals surface area contributed by atoms with Crippen LogP contribution in [0.1, 0.15) is 53.7 Å². The van der Waals surface area contributed by atoms with Gasteiger partial charge in [0.1, 0.15) is 11.5 Å². The first-order valence-electron chi connectivity index (χ1n) is 8.99. The van der Waals surface area contributed by atoms with E-state index >= 15 is 0 Å². The van der Waals surface area contributed by atoms with E-state index < -0.39 is 5.41 Å². The number of aromatic hydroxyl groups is 2. The van der Waals surface area contributed by atoms with Crippen LogP contribution in [-0.2, 0) is 0 Å². The van der Waals surface area contributed by atoms with Gasteiger partial charge in [0.05, 0.1) is 0 Å². The topological polar surface area (TPSA) is 57.5 Å². The minimum Gasteiger partial charge on any atom is -0.508 e. The van der Waals surface area contributed by atoms with Gasteiger partial charge in [-0.2, -0.15) is 0 Å². The normalized spacial score (nSPS) is 11.6. The maximum Gasteiger partial charge on any atom is 0.168 e. The molecule has 0 saturated heterocycles. The molecule has 3 aromatic rings. The Bertz CT molecular complexity index is 887. The Morgan fingerprint density at radius 3 is 1.63 bits per heavy atom. The van der Waals surface area contributed by atoms with Gasteiger partial charge >= 0.3 is 0 Å². The summed E-state index contributed by atoms with van der Waals surface area (Å²) in [5.74, 6) is 0.291. The van der Waals surface area contributed by atoms with Crippen LogP contribution in [-0.4, -0.2) is 16.0 Å². The number of rotatable bonds is 4. The molecule has 2 N–H and O–H groups in total. The molecule has 0 spiro atoms. The zero-order valence-electron chi connectivity index (χ0n) is 15.8. The number of Topliss-reactive ketones (excluding diaryl/α,β-unsaturated/α-hetero) is 1. The van der Waals surface area contributed by atoms with Gasteiger partial charge in [0, 0.05) is 16.9 Å². The fourth-order valence-corrected chi connectivity index (χ4v) is 3.24. The lowest BCUT2D eigenvalue weighted by atomic mass is 9.78. The van der Waals surface area contributed by atoms with Crippen molar-refractivity contribution in [3.05, 3.63) is 95.1 Å². The predicted molar refractivity (Wildman–Crippen MR) is 107 cm³/mol. The Morgan fingerprint density at radius 1 is 0.741 bits per heavy atom. The van der Waals surface area contributed by atoms with Gasteiger partial charge in [-0.15, -0.1) is 0 Å². The first-order chi connectivity index (χ1) is 12.8. The Kier molecular flexibility index (Phi) is 5.04. The monoisotopic (exact) mass is 360 g/mol. The van der Waals surface area contributed by atoms with E-state index in [9.17, 15) is 15.0 Å². The Balaban J connectivity index is 2.21. The van der Waals surface area contributed by atoms with Crippen molar-refractivity contribution in [2.45, 2.75) is 26.7 Å². The van der Waals surface area contributed by atoms with E-state index in [0.29, 0.717) is 5.56 Å².